The van der Waals surface area contributed by atoms with Crippen molar-refractivity contribution in [2.45, 2.75) is 6.18 Å². The number of thiazole rings is 1. The van der Waals surface area contributed by atoms with E-state index in [1.807, 2.05) is 0 Å². The third kappa shape index (κ3) is 3.60. The van der Waals surface area contributed by atoms with Crippen LogP contribution in [0.2, 0.25) is 15.1 Å². The van der Waals surface area contributed by atoms with Gasteiger partial charge in [-0.25, -0.2) is 4.98 Å². The van der Waals surface area contributed by atoms with Crippen molar-refractivity contribution in [3.8, 4) is 0 Å². The fourth-order valence-electron chi connectivity index (χ4n) is 1.41. The van der Waals surface area contributed by atoms with E-state index in [1.165, 1.54) is 12.1 Å². The Hall–Kier alpha value is -1.02. The van der Waals surface area contributed by atoms with Crippen molar-refractivity contribution in [1.82, 2.24) is 4.98 Å². The van der Waals surface area contributed by atoms with E-state index in [0.29, 0.717) is 11.3 Å². The number of benzene rings is 1. The standard InChI is InChI=1S/C11H4Cl3F3N2OS/c12-4-1-6(14)7(2-5(4)13)19-10(20)8-9(11(15,16)17)18-3-21-8/h1-3H,(H,19,20). The Morgan fingerprint density at radius 1 is 1.14 bits per heavy atom. The molecule has 2 rings (SSSR count). The number of anilines is 1. The van der Waals surface area contributed by atoms with E-state index in [2.05, 4.69) is 10.3 Å². The molecule has 1 heterocycles. The van der Waals surface area contributed by atoms with Crippen molar-refractivity contribution < 1.29 is 18.0 Å². The number of halogens is 6. The van der Waals surface area contributed by atoms with Crippen molar-refractivity contribution in [2.24, 2.45) is 0 Å². The van der Waals surface area contributed by atoms with Crippen LogP contribution < -0.4 is 5.32 Å². The molecule has 0 radical (unpaired) electrons. The van der Waals surface area contributed by atoms with Gasteiger partial charge in [0.25, 0.3) is 5.91 Å². The summed E-state index contributed by atoms with van der Waals surface area (Å²) in [5.74, 6) is -0.981. The van der Waals surface area contributed by atoms with Gasteiger partial charge >= 0.3 is 6.18 Å². The molecule has 1 aromatic heterocycles. The number of amides is 1. The first-order chi connectivity index (χ1) is 9.70. The first kappa shape index (κ1) is 16.4. The Labute approximate surface area is 135 Å². The Balaban J connectivity index is 2.31. The lowest BCUT2D eigenvalue weighted by atomic mass is 10.3. The molecule has 0 saturated carbocycles. The Bertz CT molecular complexity index is 703. The van der Waals surface area contributed by atoms with E-state index in [1.54, 1.807) is 0 Å². The maximum Gasteiger partial charge on any atom is 0.434 e. The number of nitrogens with one attached hydrogen (secondary N) is 1. The van der Waals surface area contributed by atoms with E-state index < -0.39 is 22.7 Å². The maximum atomic E-state index is 12.7. The van der Waals surface area contributed by atoms with Gasteiger partial charge in [0.05, 0.1) is 26.3 Å². The molecule has 0 fully saturated rings. The second-order valence-electron chi connectivity index (χ2n) is 3.73. The largest absolute Gasteiger partial charge is 0.434 e. The van der Waals surface area contributed by atoms with Crippen LogP contribution in [0.25, 0.3) is 0 Å². The van der Waals surface area contributed by atoms with E-state index in [-0.39, 0.29) is 20.8 Å². The third-order valence-corrected chi connectivity index (χ3v) is 4.16. The molecule has 1 aromatic carbocycles. The molecular formula is C11H4Cl3F3N2OS. The van der Waals surface area contributed by atoms with Crippen LogP contribution >= 0.6 is 46.1 Å². The summed E-state index contributed by atoms with van der Waals surface area (Å²) in [6.45, 7) is 0. The quantitative estimate of drug-likeness (QED) is 0.717. The Kier molecular flexibility index (Phi) is 4.67. The molecule has 1 amide bonds. The summed E-state index contributed by atoms with van der Waals surface area (Å²) in [4.78, 5) is 14.5. The summed E-state index contributed by atoms with van der Waals surface area (Å²) in [6.07, 6.45) is -4.71. The highest BCUT2D eigenvalue weighted by atomic mass is 35.5. The maximum absolute atomic E-state index is 12.7. The second kappa shape index (κ2) is 6.00. The van der Waals surface area contributed by atoms with Gasteiger partial charge in [-0.2, -0.15) is 13.2 Å². The smallest absolute Gasteiger partial charge is 0.320 e. The summed E-state index contributed by atoms with van der Waals surface area (Å²) in [7, 11) is 0. The first-order valence-electron chi connectivity index (χ1n) is 5.16. The predicted octanol–water partition coefficient (Wildman–Crippen LogP) is 5.37. The lowest BCUT2D eigenvalue weighted by molar-refractivity contribution is -0.141. The van der Waals surface area contributed by atoms with Crippen molar-refractivity contribution >= 4 is 57.7 Å². The van der Waals surface area contributed by atoms with Crippen LogP contribution in [0.5, 0.6) is 0 Å². The number of alkyl halides is 3. The second-order valence-corrected chi connectivity index (χ2v) is 5.80. The Morgan fingerprint density at radius 2 is 1.76 bits per heavy atom. The predicted molar refractivity (Wildman–Crippen MR) is 76.5 cm³/mol. The number of rotatable bonds is 2. The summed E-state index contributed by atoms with van der Waals surface area (Å²) in [5.41, 5.74) is -0.257. The van der Waals surface area contributed by atoms with E-state index in [9.17, 15) is 18.0 Å². The van der Waals surface area contributed by atoms with Crippen LogP contribution in [0.3, 0.4) is 0 Å². The number of hydrogen-bond acceptors (Lipinski definition) is 3. The minimum atomic E-state index is -4.71. The average Bonchev–Trinajstić information content (AvgIpc) is 2.85. The number of carbonyl (C=O) groups is 1. The van der Waals surface area contributed by atoms with Crippen LogP contribution in [-0.4, -0.2) is 10.9 Å². The van der Waals surface area contributed by atoms with Crippen LogP contribution in [0.1, 0.15) is 15.4 Å². The number of carbonyl (C=O) groups excluding carboxylic acids is 1. The Morgan fingerprint density at radius 3 is 2.38 bits per heavy atom. The van der Waals surface area contributed by atoms with E-state index in [4.69, 9.17) is 34.8 Å². The number of aromatic nitrogens is 1. The van der Waals surface area contributed by atoms with Gasteiger partial charge in [-0.1, -0.05) is 34.8 Å². The fraction of sp³-hybridized carbons (Fsp3) is 0.0909. The fourth-order valence-corrected chi connectivity index (χ4v) is 2.70. The molecule has 0 atom stereocenters. The number of nitrogens with zero attached hydrogens (tertiary/aromatic N) is 1. The van der Waals surface area contributed by atoms with Crippen LogP contribution in [0.4, 0.5) is 18.9 Å². The molecule has 0 spiro atoms. The molecule has 0 saturated heterocycles. The normalized spacial score (nSPS) is 11.5. The molecule has 3 nitrogen and oxygen atoms in total. The molecule has 0 unspecified atom stereocenters. The van der Waals surface area contributed by atoms with Gasteiger partial charge < -0.3 is 5.32 Å². The van der Waals surface area contributed by atoms with E-state index >= 15 is 0 Å². The molecular weight excluding hydrogens is 372 g/mol. The molecule has 21 heavy (non-hydrogen) atoms. The van der Waals surface area contributed by atoms with Gasteiger partial charge in [0.2, 0.25) is 0 Å². The molecule has 0 aliphatic heterocycles. The number of hydrogen-bond donors (Lipinski definition) is 1. The highest BCUT2D eigenvalue weighted by Crippen LogP contribution is 2.35. The zero-order chi connectivity index (χ0) is 15.8. The zero-order valence-corrected chi connectivity index (χ0v) is 12.8. The molecule has 0 aliphatic carbocycles. The van der Waals surface area contributed by atoms with Crippen molar-refractivity contribution in [3.05, 3.63) is 43.3 Å². The van der Waals surface area contributed by atoms with Crippen molar-refractivity contribution in [1.29, 1.82) is 0 Å². The summed E-state index contributed by atoms with van der Waals surface area (Å²) in [6, 6.07) is 2.52. The molecule has 10 heteroatoms. The van der Waals surface area contributed by atoms with E-state index in [0.717, 1.165) is 5.51 Å². The molecule has 0 bridgehead atoms. The highest BCUT2D eigenvalue weighted by molar-refractivity contribution is 7.12. The minimum Gasteiger partial charge on any atom is -0.320 e. The van der Waals surface area contributed by atoms with Crippen molar-refractivity contribution in [3.63, 3.8) is 0 Å². The topological polar surface area (TPSA) is 42.0 Å². The van der Waals surface area contributed by atoms with Gasteiger partial charge in [-0.3, -0.25) is 4.79 Å². The molecule has 1 N–H and O–H groups in total. The molecule has 112 valence electrons. The third-order valence-electron chi connectivity index (χ3n) is 2.30. The lowest BCUT2D eigenvalue weighted by Crippen LogP contribution is -2.17. The SMILES string of the molecule is O=C(Nc1cc(Cl)c(Cl)cc1Cl)c1scnc1C(F)(F)F. The van der Waals surface area contributed by atoms with Crippen LogP contribution in [0, 0.1) is 0 Å². The summed E-state index contributed by atoms with van der Waals surface area (Å²) in [5, 5.41) is 2.57. The molecule has 0 aliphatic rings. The van der Waals surface area contributed by atoms with Gasteiger partial charge in [-0.05, 0) is 12.1 Å². The first-order valence-corrected chi connectivity index (χ1v) is 7.18. The van der Waals surface area contributed by atoms with Gasteiger partial charge in [0.15, 0.2) is 5.69 Å². The summed E-state index contributed by atoms with van der Waals surface area (Å²) < 4.78 is 38.0. The van der Waals surface area contributed by atoms with Gasteiger partial charge in [-0.15, -0.1) is 11.3 Å². The summed E-state index contributed by atoms with van der Waals surface area (Å²) >= 11 is 17.9. The highest BCUT2D eigenvalue weighted by Gasteiger charge is 2.38. The van der Waals surface area contributed by atoms with Crippen molar-refractivity contribution in [2.75, 3.05) is 5.32 Å². The lowest BCUT2D eigenvalue weighted by Gasteiger charge is -2.09. The van der Waals surface area contributed by atoms with Gasteiger partial charge in [0, 0.05) is 0 Å². The van der Waals surface area contributed by atoms with Gasteiger partial charge in [0.1, 0.15) is 4.88 Å². The minimum absolute atomic E-state index is 0.0517. The monoisotopic (exact) mass is 374 g/mol. The zero-order valence-electron chi connectivity index (χ0n) is 9.76. The average molecular weight is 376 g/mol. The van der Waals surface area contributed by atoms with Crippen LogP contribution in [-0.2, 0) is 6.18 Å². The van der Waals surface area contributed by atoms with Crippen LogP contribution in [0.15, 0.2) is 17.6 Å². The molecule has 2 aromatic rings.